The van der Waals surface area contributed by atoms with Gasteiger partial charge in [0.25, 0.3) is 0 Å². The van der Waals surface area contributed by atoms with Crippen LogP contribution in [0, 0.1) is 5.92 Å². The first kappa shape index (κ1) is 21.5. The number of esters is 1. The van der Waals surface area contributed by atoms with Gasteiger partial charge in [0.15, 0.2) is 0 Å². The maximum atomic E-state index is 11.5. The first-order chi connectivity index (χ1) is 10.7. The van der Waals surface area contributed by atoms with Gasteiger partial charge in [-0.2, -0.15) is 0 Å². The second-order valence-electron chi connectivity index (χ2n) is 7.04. The van der Waals surface area contributed by atoms with Gasteiger partial charge in [-0.1, -0.05) is 91.4 Å². The first-order valence-electron chi connectivity index (χ1n) is 9.82. The maximum absolute atomic E-state index is 11.5. The Morgan fingerprint density at radius 3 is 1.86 bits per heavy atom. The standard InChI is InChI=1S/C20H40O2/c1-4-5-15-18-22-20(21)17-14-12-10-8-6-7-9-11-13-16-19(2)3/h19H,4-18H2,1-3H3. The summed E-state index contributed by atoms with van der Waals surface area (Å²) in [6.07, 6.45) is 17.1. The summed E-state index contributed by atoms with van der Waals surface area (Å²) in [7, 11) is 0. The van der Waals surface area contributed by atoms with E-state index in [2.05, 4.69) is 20.8 Å². The fraction of sp³-hybridized carbons (Fsp3) is 0.950. The topological polar surface area (TPSA) is 26.3 Å². The summed E-state index contributed by atoms with van der Waals surface area (Å²) in [6.45, 7) is 7.39. The van der Waals surface area contributed by atoms with Gasteiger partial charge in [-0.25, -0.2) is 0 Å². The molecule has 2 heteroatoms. The van der Waals surface area contributed by atoms with E-state index in [0.717, 1.165) is 25.2 Å². The van der Waals surface area contributed by atoms with Gasteiger partial charge in [0.2, 0.25) is 0 Å². The van der Waals surface area contributed by atoms with Crippen molar-refractivity contribution >= 4 is 5.97 Å². The summed E-state index contributed by atoms with van der Waals surface area (Å²) >= 11 is 0. The van der Waals surface area contributed by atoms with Crippen LogP contribution in [0.5, 0.6) is 0 Å². The highest BCUT2D eigenvalue weighted by molar-refractivity contribution is 5.69. The SMILES string of the molecule is CCCCCOC(=O)CCCCCCCCCCCC(C)C. The molecule has 0 rings (SSSR count). The van der Waals surface area contributed by atoms with Crippen LogP contribution < -0.4 is 0 Å². The lowest BCUT2D eigenvalue weighted by Gasteiger charge is -2.05. The average molecular weight is 313 g/mol. The molecule has 0 aliphatic heterocycles. The van der Waals surface area contributed by atoms with E-state index in [-0.39, 0.29) is 5.97 Å². The Morgan fingerprint density at radius 1 is 0.773 bits per heavy atom. The highest BCUT2D eigenvalue weighted by Crippen LogP contribution is 2.13. The number of hydrogen-bond acceptors (Lipinski definition) is 2. The van der Waals surface area contributed by atoms with Crippen LogP contribution >= 0.6 is 0 Å². The van der Waals surface area contributed by atoms with Crippen LogP contribution in [0.25, 0.3) is 0 Å². The minimum Gasteiger partial charge on any atom is -0.466 e. The molecule has 0 amide bonds. The van der Waals surface area contributed by atoms with Crippen molar-refractivity contribution in [3.05, 3.63) is 0 Å². The molecule has 0 spiro atoms. The predicted octanol–water partition coefficient (Wildman–Crippen LogP) is 6.67. The Labute approximate surface area is 139 Å². The zero-order valence-electron chi connectivity index (χ0n) is 15.5. The molecule has 0 aliphatic rings. The van der Waals surface area contributed by atoms with Gasteiger partial charge in [-0.15, -0.1) is 0 Å². The predicted molar refractivity (Wildman–Crippen MR) is 96.1 cm³/mol. The largest absolute Gasteiger partial charge is 0.466 e. The second-order valence-corrected chi connectivity index (χ2v) is 7.04. The van der Waals surface area contributed by atoms with E-state index < -0.39 is 0 Å². The van der Waals surface area contributed by atoms with E-state index in [4.69, 9.17) is 4.74 Å². The fourth-order valence-corrected chi connectivity index (χ4v) is 2.67. The van der Waals surface area contributed by atoms with Crippen molar-refractivity contribution in [2.24, 2.45) is 5.92 Å². The number of hydrogen-bond donors (Lipinski definition) is 0. The minimum absolute atomic E-state index is 0.00116. The first-order valence-corrected chi connectivity index (χ1v) is 9.82. The Bertz CT molecular complexity index is 236. The van der Waals surface area contributed by atoms with Gasteiger partial charge in [-0.3, -0.25) is 4.79 Å². The summed E-state index contributed by atoms with van der Waals surface area (Å²) in [5.41, 5.74) is 0. The summed E-state index contributed by atoms with van der Waals surface area (Å²) in [5, 5.41) is 0. The quantitative estimate of drug-likeness (QED) is 0.235. The monoisotopic (exact) mass is 312 g/mol. The molecule has 0 unspecified atom stereocenters. The van der Waals surface area contributed by atoms with Crippen LogP contribution in [-0.2, 0) is 9.53 Å². The molecule has 2 nitrogen and oxygen atoms in total. The van der Waals surface area contributed by atoms with Crippen molar-refractivity contribution in [3.8, 4) is 0 Å². The van der Waals surface area contributed by atoms with Crippen LogP contribution in [0.2, 0.25) is 0 Å². The molecule has 0 N–H and O–H groups in total. The van der Waals surface area contributed by atoms with Gasteiger partial charge in [0, 0.05) is 6.42 Å². The van der Waals surface area contributed by atoms with E-state index in [9.17, 15) is 4.79 Å². The Morgan fingerprint density at radius 2 is 1.32 bits per heavy atom. The Balaban J connectivity index is 3.12. The fourth-order valence-electron chi connectivity index (χ4n) is 2.67. The molecule has 132 valence electrons. The Kier molecular flexibility index (Phi) is 16.4. The van der Waals surface area contributed by atoms with E-state index >= 15 is 0 Å². The lowest BCUT2D eigenvalue weighted by atomic mass is 10.0. The van der Waals surface area contributed by atoms with E-state index in [1.54, 1.807) is 0 Å². The third kappa shape index (κ3) is 17.5. The van der Waals surface area contributed by atoms with E-state index in [0.29, 0.717) is 13.0 Å². The van der Waals surface area contributed by atoms with Gasteiger partial charge in [0.05, 0.1) is 6.61 Å². The molecule has 0 aromatic heterocycles. The normalized spacial score (nSPS) is 11.1. The molecular weight excluding hydrogens is 272 g/mol. The molecule has 0 aliphatic carbocycles. The lowest BCUT2D eigenvalue weighted by molar-refractivity contribution is -0.143. The molecule has 0 bridgehead atoms. The summed E-state index contributed by atoms with van der Waals surface area (Å²) in [6, 6.07) is 0. The van der Waals surface area contributed by atoms with Crippen LogP contribution in [0.4, 0.5) is 0 Å². The molecule has 0 saturated heterocycles. The van der Waals surface area contributed by atoms with Crippen LogP contribution in [0.15, 0.2) is 0 Å². The lowest BCUT2D eigenvalue weighted by Crippen LogP contribution is -2.05. The van der Waals surface area contributed by atoms with Crippen LogP contribution in [-0.4, -0.2) is 12.6 Å². The van der Waals surface area contributed by atoms with E-state index in [1.165, 1.54) is 64.2 Å². The zero-order valence-corrected chi connectivity index (χ0v) is 15.5. The molecule has 22 heavy (non-hydrogen) atoms. The maximum Gasteiger partial charge on any atom is 0.305 e. The van der Waals surface area contributed by atoms with Crippen molar-refractivity contribution < 1.29 is 9.53 Å². The van der Waals surface area contributed by atoms with Gasteiger partial charge in [0.1, 0.15) is 0 Å². The van der Waals surface area contributed by atoms with Crippen molar-refractivity contribution in [2.75, 3.05) is 6.61 Å². The molecule has 0 heterocycles. The number of rotatable bonds is 16. The molecule has 0 atom stereocenters. The van der Waals surface area contributed by atoms with Gasteiger partial charge in [-0.05, 0) is 18.8 Å². The molecule has 0 aromatic carbocycles. The highest BCUT2D eigenvalue weighted by atomic mass is 16.5. The van der Waals surface area contributed by atoms with Crippen molar-refractivity contribution in [3.63, 3.8) is 0 Å². The van der Waals surface area contributed by atoms with Crippen LogP contribution in [0.1, 0.15) is 111 Å². The summed E-state index contributed by atoms with van der Waals surface area (Å²) in [4.78, 5) is 11.5. The number of ether oxygens (including phenoxy) is 1. The molecule has 0 fully saturated rings. The minimum atomic E-state index is 0.00116. The molecule has 0 saturated carbocycles. The summed E-state index contributed by atoms with van der Waals surface area (Å²) in [5.74, 6) is 0.861. The number of carbonyl (C=O) groups is 1. The van der Waals surface area contributed by atoms with Crippen LogP contribution in [0.3, 0.4) is 0 Å². The van der Waals surface area contributed by atoms with E-state index in [1.807, 2.05) is 0 Å². The average Bonchev–Trinajstić information content (AvgIpc) is 2.49. The van der Waals surface area contributed by atoms with Crippen molar-refractivity contribution in [1.82, 2.24) is 0 Å². The van der Waals surface area contributed by atoms with Crippen molar-refractivity contribution in [1.29, 1.82) is 0 Å². The van der Waals surface area contributed by atoms with Gasteiger partial charge < -0.3 is 4.74 Å². The van der Waals surface area contributed by atoms with Crippen molar-refractivity contribution in [2.45, 2.75) is 111 Å². The highest BCUT2D eigenvalue weighted by Gasteiger charge is 2.02. The molecular formula is C20H40O2. The molecule has 0 aromatic rings. The Hall–Kier alpha value is -0.530. The number of carbonyl (C=O) groups excluding carboxylic acids is 1. The smallest absolute Gasteiger partial charge is 0.305 e. The third-order valence-electron chi connectivity index (χ3n) is 4.17. The third-order valence-corrected chi connectivity index (χ3v) is 4.17. The van der Waals surface area contributed by atoms with Gasteiger partial charge >= 0.3 is 5.97 Å². The second kappa shape index (κ2) is 16.8. The number of unbranched alkanes of at least 4 members (excludes halogenated alkanes) is 10. The molecule has 0 radical (unpaired) electrons. The summed E-state index contributed by atoms with van der Waals surface area (Å²) < 4.78 is 5.20. The zero-order chi connectivity index (χ0) is 16.5.